The molecule has 0 aliphatic rings. The number of rotatable bonds is 5. The molecule has 1 aromatic heterocycles. The molecule has 0 saturated carbocycles. The van der Waals surface area contributed by atoms with Gasteiger partial charge >= 0.3 is 0 Å². The molecule has 7 heteroatoms. The van der Waals surface area contributed by atoms with Crippen LogP contribution in [0.3, 0.4) is 0 Å². The highest BCUT2D eigenvalue weighted by molar-refractivity contribution is 5.90. The van der Waals surface area contributed by atoms with Gasteiger partial charge in [-0.05, 0) is 29.8 Å². The van der Waals surface area contributed by atoms with Crippen LogP contribution in [0.5, 0.6) is 23.0 Å². The molecule has 0 amide bonds. The van der Waals surface area contributed by atoms with Gasteiger partial charge in [0.1, 0.15) is 5.75 Å². The minimum Gasteiger partial charge on any atom is -0.508 e. The lowest BCUT2D eigenvalue weighted by Gasteiger charge is -2.15. The van der Waals surface area contributed by atoms with Gasteiger partial charge in [0.05, 0.1) is 33.2 Å². The van der Waals surface area contributed by atoms with Gasteiger partial charge in [-0.1, -0.05) is 12.1 Å². The topological polar surface area (TPSA) is 82.8 Å². The van der Waals surface area contributed by atoms with Crippen LogP contribution in [0.2, 0.25) is 0 Å². The molecule has 27 heavy (non-hydrogen) atoms. The first-order valence-electron chi connectivity index (χ1n) is 8.19. The lowest BCUT2D eigenvalue weighted by Crippen LogP contribution is -2.09. The van der Waals surface area contributed by atoms with Crippen molar-refractivity contribution in [3.8, 4) is 45.4 Å². The molecule has 0 aliphatic carbocycles. The van der Waals surface area contributed by atoms with E-state index >= 15 is 0 Å². The molecule has 1 heterocycles. The summed E-state index contributed by atoms with van der Waals surface area (Å²) in [6, 6.07) is 10.2. The summed E-state index contributed by atoms with van der Waals surface area (Å²) in [4.78, 5) is 12.1. The number of aromatic nitrogens is 2. The number of hydrogen-bond donors (Lipinski definition) is 1. The van der Waals surface area contributed by atoms with Gasteiger partial charge in [0, 0.05) is 18.1 Å². The van der Waals surface area contributed by atoms with Crippen molar-refractivity contribution in [2.75, 3.05) is 21.3 Å². The van der Waals surface area contributed by atoms with E-state index in [2.05, 4.69) is 5.10 Å². The number of carbonyl (C=O) groups is 1. The Morgan fingerprint density at radius 3 is 2.04 bits per heavy atom. The fourth-order valence-corrected chi connectivity index (χ4v) is 2.94. The van der Waals surface area contributed by atoms with Crippen molar-refractivity contribution in [3.05, 3.63) is 42.6 Å². The van der Waals surface area contributed by atoms with Crippen molar-refractivity contribution in [1.29, 1.82) is 0 Å². The van der Waals surface area contributed by atoms with Gasteiger partial charge in [-0.2, -0.15) is 9.78 Å². The zero-order valence-electron chi connectivity index (χ0n) is 15.5. The van der Waals surface area contributed by atoms with E-state index in [1.54, 1.807) is 42.6 Å². The van der Waals surface area contributed by atoms with Crippen molar-refractivity contribution in [2.24, 2.45) is 0 Å². The molecule has 1 N–H and O–H groups in total. The van der Waals surface area contributed by atoms with Gasteiger partial charge in [0.2, 0.25) is 11.7 Å². The summed E-state index contributed by atoms with van der Waals surface area (Å²) in [7, 11) is 4.59. The monoisotopic (exact) mass is 368 g/mol. The fraction of sp³-hybridized carbons (Fsp3) is 0.200. The molecule has 0 spiro atoms. The maximum absolute atomic E-state index is 12.1. The van der Waals surface area contributed by atoms with E-state index in [0.29, 0.717) is 28.5 Å². The van der Waals surface area contributed by atoms with E-state index in [4.69, 9.17) is 14.2 Å². The zero-order valence-corrected chi connectivity index (χ0v) is 15.5. The molecule has 0 radical (unpaired) electrons. The third-order valence-corrected chi connectivity index (χ3v) is 4.18. The minimum atomic E-state index is -0.233. The van der Waals surface area contributed by atoms with Crippen molar-refractivity contribution in [3.63, 3.8) is 0 Å². The van der Waals surface area contributed by atoms with Crippen LogP contribution in [0, 0.1) is 0 Å². The van der Waals surface area contributed by atoms with Gasteiger partial charge in [-0.3, -0.25) is 4.79 Å². The van der Waals surface area contributed by atoms with Crippen LogP contribution >= 0.6 is 0 Å². The highest BCUT2D eigenvalue weighted by Gasteiger charge is 2.21. The lowest BCUT2D eigenvalue weighted by molar-refractivity contribution is 0.0923. The Morgan fingerprint density at radius 2 is 1.56 bits per heavy atom. The summed E-state index contributed by atoms with van der Waals surface area (Å²) in [6.07, 6.45) is 1.62. The molecule has 140 valence electrons. The lowest BCUT2D eigenvalue weighted by atomic mass is 10.0. The molecular weight excluding hydrogens is 348 g/mol. The number of methoxy groups -OCH3 is 3. The van der Waals surface area contributed by atoms with E-state index in [1.807, 2.05) is 0 Å². The first-order chi connectivity index (χ1) is 13.0. The fourth-order valence-electron chi connectivity index (χ4n) is 2.94. The van der Waals surface area contributed by atoms with E-state index in [1.165, 1.54) is 32.9 Å². The Bertz CT molecular complexity index is 952. The smallest absolute Gasteiger partial charge is 0.244 e. The number of phenolic OH excluding ortho intramolecular Hbond substituents is 1. The van der Waals surface area contributed by atoms with Crippen LogP contribution in [-0.4, -0.2) is 42.1 Å². The summed E-state index contributed by atoms with van der Waals surface area (Å²) in [5.74, 6) is 1.33. The number of hydrogen-bond acceptors (Lipinski definition) is 6. The molecule has 2 aromatic carbocycles. The predicted octanol–water partition coefficient (Wildman–Crippen LogP) is 3.61. The van der Waals surface area contributed by atoms with Crippen molar-refractivity contribution >= 4 is 5.91 Å². The Hall–Kier alpha value is -3.48. The number of carbonyl (C=O) groups excluding carboxylic acids is 1. The first-order valence-corrected chi connectivity index (χ1v) is 8.19. The van der Waals surface area contributed by atoms with Crippen LogP contribution in [0.15, 0.2) is 42.6 Å². The highest BCUT2D eigenvalue weighted by atomic mass is 16.5. The zero-order chi connectivity index (χ0) is 19.6. The number of phenols is 1. The molecule has 7 nitrogen and oxygen atoms in total. The number of ether oxygens (including phenoxy) is 3. The molecule has 3 aromatic rings. The quantitative estimate of drug-likeness (QED) is 0.741. The van der Waals surface area contributed by atoms with Crippen LogP contribution in [0.4, 0.5) is 0 Å². The van der Waals surface area contributed by atoms with Crippen LogP contribution < -0.4 is 14.2 Å². The largest absolute Gasteiger partial charge is 0.508 e. The summed E-state index contributed by atoms with van der Waals surface area (Å²) in [5.41, 5.74) is 2.82. The molecular formula is C20H20N2O5. The molecule has 0 unspecified atom stereocenters. The number of aromatic hydroxyl groups is 1. The third-order valence-electron chi connectivity index (χ3n) is 4.18. The normalized spacial score (nSPS) is 10.5. The van der Waals surface area contributed by atoms with Gasteiger partial charge in [-0.15, -0.1) is 0 Å². The first kappa shape index (κ1) is 18.3. The van der Waals surface area contributed by atoms with E-state index < -0.39 is 0 Å². The summed E-state index contributed by atoms with van der Waals surface area (Å²) in [6.45, 7) is 1.44. The highest BCUT2D eigenvalue weighted by Crippen LogP contribution is 2.43. The maximum atomic E-state index is 12.1. The second kappa shape index (κ2) is 7.41. The number of benzene rings is 2. The Balaban J connectivity index is 2.28. The van der Waals surface area contributed by atoms with E-state index in [0.717, 1.165) is 11.1 Å². The van der Waals surface area contributed by atoms with Crippen molar-refractivity contribution in [1.82, 2.24) is 9.78 Å². The van der Waals surface area contributed by atoms with Gasteiger partial charge in [0.25, 0.3) is 0 Å². The van der Waals surface area contributed by atoms with Crippen LogP contribution in [0.1, 0.15) is 11.7 Å². The molecule has 0 saturated heterocycles. The molecule has 3 rings (SSSR count). The average Bonchev–Trinajstić information content (AvgIpc) is 3.12. The standard InChI is InChI=1S/C20H20N2O5/c1-12(23)22-19(16(11-21-22)13-5-7-15(24)8-6-13)14-9-17(25-2)20(27-4)18(10-14)26-3/h5-11,24H,1-4H3. The number of nitrogens with zero attached hydrogens (tertiary/aromatic N) is 2. The van der Waals surface area contributed by atoms with Crippen molar-refractivity contribution < 1.29 is 24.1 Å². The van der Waals surface area contributed by atoms with Gasteiger partial charge < -0.3 is 19.3 Å². The molecule has 0 aliphatic heterocycles. The maximum Gasteiger partial charge on any atom is 0.244 e. The Labute approximate surface area is 156 Å². The van der Waals surface area contributed by atoms with E-state index in [9.17, 15) is 9.90 Å². The summed E-state index contributed by atoms with van der Waals surface area (Å²) in [5, 5.41) is 13.8. The minimum absolute atomic E-state index is 0.159. The molecule has 0 fully saturated rings. The van der Waals surface area contributed by atoms with Crippen LogP contribution in [0.25, 0.3) is 22.4 Å². The predicted molar refractivity (Wildman–Crippen MR) is 101 cm³/mol. The van der Waals surface area contributed by atoms with Crippen LogP contribution in [-0.2, 0) is 0 Å². The van der Waals surface area contributed by atoms with E-state index in [-0.39, 0.29) is 11.7 Å². The van der Waals surface area contributed by atoms with Gasteiger partial charge in [-0.25, -0.2) is 0 Å². The summed E-state index contributed by atoms with van der Waals surface area (Å²) >= 11 is 0. The molecule has 0 atom stereocenters. The molecule has 0 bridgehead atoms. The van der Waals surface area contributed by atoms with Gasteiger partial charge in [0.15, 0.2) is 11.5 Å². The second-order valence-electron chi connectivity index (χ2n) is 5.80. The van der Waals surface area contributed by atoms with Crippen molar-refractivity contribution in [2.45, 2.75) is 6.92 Å². The summed E-state index contributed by atoms with van der Waals surface area (Å²) < 4.78 is 17.5. The Morgan fingerprint density at radius 1 is 0.963 bits per heavy atom. The second-order valence-corrected chi connectivity index (χ2v) is 5.80. The Kier molecular flexibility index (Phi) is 5.03. The average molecular weight is 368 g/mol. The third kappa shape index (κ3) is 3.31. The SMILES string of the molecule is COc1cc(-c2c(-c3ccc(O)cc3)cnn2C(C)=O)cc(OC)c1OC.